The van der Waals surface area contributed by atoms with Crippen molar-refractivity contribution < 1.29 is 0 Å². The second-order valence-electron chi connectivity index (χ2n) is 5.75. The summed E-state index contributed by atoms with van der Waals surface area (Å²) in [6.07, 6.45) is 1.39. The lowest BCUT2D eigenvalue weighted by Gasteiger charge is -2.18. The van der Waals surface area contributed by atoms with Crippen LogP contribution in [0.3, 0.4) is 0 Å². The van der Waals surface area contributed by atoms with Crippen LogP contribution in [0.15, 0.2) is 34.6 Å². The van der Waals surface area contributed by atoms with E-state index in [1.807, 2.05) is 32.9 Å². The Morgan fingerprint density at radius 3 is 2.27 bits per heavy atom. The summed E-state index contributed by atoms with van der Waals surface area (Å²) < 4.78 is 0. The van der Waals surface area contributed by atoms with Crippen molar-refractivity contribution >= 4 is 29.4 Å². The Bertz CT molecular complexity index is 665. The Morgan fingerprint density at radius 2 is 1.82 bits per heavy atom. The van der Waals surface area contributed by atoms with Crippen LogP contribution in [-0.2, 0) is 0 Å². The van der Waals surface area contributed by atoms with Gasteiger partial charge in [0.2, 0.25) is 0 Å². The molecule has 4 nitrogen and oxygen atoms in total. The molecule has 0 bridgehead atoms. The molecule has 0 saturated carbocycles. The standard InChI is InChI=1S/C16H16Cl2N4/c1-16(2,3)10-22-15(8-20)14(7-19)21-9-11-12(17)5-4-6-13(11)18/h4-6,9,22H,10H2,1-3H3/b15-14-,21-9?. The maximum atomic E-state index is 9.19. The zero-order chi connectivity index (χ0) is 16.8. The molecule has 0 spiro atoms. The molecule has 0 aromatic heterocycles. The minimum Gasteiger partial charge on any atom is -0.374 e. The number of halogens is 2. The lowest BCUT2D eigenvalue weighted by atomic mass is 9.97. The van der Waals surface area contributed by atoms with Crippen LogP contribution in [-0.4, -0.2) is 12.8 Å². The van der Waals surface area contributed by atoms with Crippen LogP contribution >= 0.6 is 23.2 Å². The molecular weight excluding hydrogens is 319 g/mol. The van der Waals surface area contributed by atoms with Gasteiger partial charge in [-0.25, -0.2) is 4.99 Å². The van der Waals surface area contributed by atoms with Crippen LogP contribution in [0, 0.1) is 28.1 Å². The van der Waals surface area contributed by atoms with E-state index in [0.717, 1.165) is 0 Å². The maximum Gasteiger partial charge on any atom is 0.174 e. The Balaban J connectivity index is 3.09. The van der Waals surface area contributed by atoms with Crippen LogP contribution in [0.4, 0.5) is 0 Å². The SMILES string of the molecule is CC(C)(C)CN/C(C#N)=C(/C#N)N=Cc1c(Cl)cccc1Cl. The molecule has 0 heterocycles. The fourth-order valence-corrected chi connectivity index (χ4v) is 1.94. The molecule has 0 radical (unpaired) electrons. The summed E-state index contributed by atoms with van der Waals surface area (Å²) >= 11 is 12.1. The fraction of sp³-hybridized carbons (Fsp3) is 0.312. The first kappa shape index (κ1) is 18.0. The third-order valence-corrected chi connectivity index (χ3v) is 3.23. The third-order valence-electron chi connectivity index (χ3n) is 2.57. The molecule has 22 heavy (non-hydrogen) atoms. The molecule has 0 aliphatic heterocycles. The molecule has 0 unspecified atom stereocenters. The summed E-state index contributed by atoms with van der Waals surface area (Å²) in [5.41, 5.74) is 0.588. The molecule has 0 aliphatic rings. The summed E-state index contributed by atoms with van der Waals surface area (Å²) in [5.74, 6) is 0. The predicted molar refractivity (Wildman–Crippen MR) is 89.8 cm³/mol. The van der Waals surface area contributed by atoms with Gasteiger partial charge < -0.3 is 5.32 Å². The smallest absolute Gasteiger partial charge is 0.174 e. The molecular formula is C16H16Cl2N4. The van der Waals surface area contributed by atoms with Crippen LogP contribution in [0.5, 0.6) is 0 Å². The van der Waals surface area contributed by atoms with E-state index in [9.17, 15) is 10.5 Å². The van der Waals surface area contributed by atoms with Gasteiger partial charge in [-0.2, -0.15) is 10.5 Å². The van der Waals surface area contributed by atoms with Gasteiger partial charge in [0, 0.05) is 18.3 Å². The first-order valence-corrected chi connectivity index (χ1v) is 7.30. The summed E-state index contributed by atoms with van der Waals surface area (Å²) in [6.45, 7) is 6.61. The highest BCUT2D eigenvalue weighted by atomic mass is 35.5. The highest BCUT2D eigenvalue weighted by molar-refractivity contribution is 6.38. The van der Waals surface area contributed by atoms with E-state index in [-0.39, 0.29) is 16.8 Å². The highest BCUT2D eigenvalue weighted by Gasteiger charge is 2.12. The summed E-state index contributed by atoms with van der Waals surface area (Å²) in [4.78, 5) is 4.05. The van der Waals surface area contributed by atoms with Crippen molar-refractivity contribution in [1.82, 2.24) is 5.32 Å². The number of benzene rings is 1. The van der Waals surface area contributed by atoms with E-state index < -0.39 is 0 Å². The van der Waals surface area contributed by atoms with Crippen molar-refractivity contribution in [3.05, 3.63) is 45.2 Å². The van der Waals surface area contributed by atoms with Crippen molar-refractivity contribution in [3.8, 4) is 12.1 Å². The van der Waals surface area contributed by atoms with Gasteiger partial charge in [-0.05, 0) is 17.5 Å². The zero-order valence-corrected chi connectivity index (χ0v) is 14.1. The van der Waals surface area contributed by atoms with Gasteiger partial charge in [-0.1, -0.05) is 50.0 Å². The number of hydrogen-bond acceptors (Lipinski definition) is 4. The van der Waals surface area contributed by atoms with Crippen molar-refractivity contribution in [2.45, 2.75) is 20.8 Å². The summed E-state index contributed by atoms with van der Waals surface area (Å²) in [7, 11) is 0. The number of aliphatic imine (C=N–C) groups is 1. The molecule has 1 aromatic carbocycles. The average Bonchev–Trinajstić information content (AvgIpc) is 2.43. The van der Waals surface area contributed by atoms with Gasteiger partial charge in [-0.3, -0.25) is 0 Å². The van der Waals surface area contributed by atoms with E-state index in [1.165, 1.54) is 6.21 Å². The number of nitrogens with one attached hydrogen (secondary N) is 1. The minimum absolute atomic E-state index is 0.0114. The van der Waals surface area contributed by atoms with Crippen molar-refractivity contribution in [1.29, 1.82) is 10.5 Å². The second kappa shape index (κ2) is 7.84. The Labute approximate surface area is 140 Å². The first-order chi connectivity index (χ1) is 10.3. The van der Waals surface area contributed by atoms with E-state index in [2.05, 4.69) is 10.3 Å². The molecule has 0 aliphatic carbocycles. The van der Waals surface area contributed by atoms with Crippen LogP contribution in [0.1, 0.15) is 26.3 Å². The van der Waals surface area contributed by atoms with Gasteiger partial charge in [0.15, 0.2) is 11.4 Å². The van der Waals surface area contributed by atoms with Gasteiger partial charge in [0.25, 0.3) is 0 Å². The molecule has 0 saturated heterocycles. The molecule has 1 N–H and O–H groups in total. The van der Waals surface area contributed by atoms with Gasteiger partial charge >= 0.3 is 0 Å². The molecule has 1 rings (SSSR count). The summed E-state index contributed by atoms with van der Waals surface area (Å²) in [6, 6.07) is 8.93. The minimum atomic E-state index is -0.0293. The Hall–Kier alpha value is -2.01. The van der Waals surface area contributed by atoms with E-state index in [4.69, 9.17) is 23.2 Å². The molecule has 114 valence electrons. The second-order valence-corrected chi connectivity index (χ2v) is 6.57. The number of nitriles is 2. The zero-order valence-electron chi connectivity index (χ0n) is 12.6. The Kier molecular flexibility index (Phi) is 6.43. The van der Waals surface area contributed by atoms with Crippen molar-refractivity contribution in [3.63, 3.8) is 0 Å². The van der Waals surface area contributed by atoms with Crippen LogP contribution < -0.4 is 5.32 Å². The molecule has 0 atom stereocenters. The van der Waals surface area contributed by atoms with E-state index in [0.29, 0.717) is 22.2 Å². The van der Waals surface area contributed by atoms with Crippen molar-refractivity contribution in [2.24, 2.45) is 10.4 Å². The normalized spacial score (nSPS) is 12.5. The monoisotopic (exact) mass is 334 g/mol. The van der Waals surface area contributed by atoms with Gasteiger partial charge in [0.05, 0.1) is 10.0 Å². The number of nitrogens with zero attached hydrogens (tertiary/aromatic N) is 3. The van der Waals surface area contributed by atoms with Gasteiger partial charge in [0.1, 0.15) is 12.1 Å². The predicted octanol–water partition coefficient (Wildman–Crippen LogP) is 4.31. The topological polar surface area (TPSA) is 72.0 Å². The third kappa shape index (κ3) is 5.41. The van der Waals surface area contributed by atoms with E-state index in [1.54, 1.807) is 18.2 Å². The van der Waals surface area contributed by atoms with E-state index >= 15 is 0 Å². The quantitative estimate of drug-likeness (QED) is 0.658. The lowest BCUT2D eigenvalue weighted by molar-refractivity contribution is 0.399. The van der Waals surface area contributed by atoms with Crippen molar-refractivity contribution in [2.75, 3.05) is 6.54 Å². The van der Waals surface area contributed by atoms with Crippen LogP contribution in [0.25, 0.3) is 0 Å². The number of hydrogen-bond donors (Lipinski definition) is 1. The van der Waals surface area contributed by atoms with Crippen LogP contribution in [0.2, 0.25) is 10.0 Å². The van der Waals surface area contributed by atoms with Gasteiger partial charge in [-0.15, -0.1) is 0 Å². The molecule has 0 fully saturated rings. The number of allylic oxidation sites excluding steroid dienone is 2. The molecule has 1 aromatic rings. The summed E-state index contributed by atoms with van der Waals surface area (Å²) in [5, 5.41) is 22.2. The molecule has 6 heteroatoms. The lowest BCUT2D eigenvalue weighted by Crippen LogP contribution is -2.26. The molecule has 0 amide bonds. The Morgan fingerprint density at radius 1 is 1.23 bits per heavy atom. The number of rotatable bonds is 4. The fourth-order valence-electron chi connectivity index (χ4n) is 1.44. The maximum absolute atomic E-state index is 9.19. The first-order valence-electron chi connectivity index (χ1n) is 6.55. The largest absolute Gasteiger partial charge is 0.374 e. The average molecular weight is 335 g/mol. The highest BCUT2D eigenvalue weighted by Crippen LogP contribution is 2.22.